The molecule has 1 atom stereocenters. The van der Waals surface area contributed by atoms with Crippen LogP contribution >= 0.6 is 34.7 Å². The standard InChI is InChI=1S/C23H17ClN4OS2/c1-15-13-30-22(27-15)17(11-25)21(29)14-31-23-26-12-20(16-7-3-2-4-8-16)28(23)19-10-6-5-9-18(19)24/h2-10,12-13,17H,14H2,1H3/t17-/m0/s1. The maximum atomic E-state index is 12.8. The minimum absolute atomic E-state index is 0.104. The highest BCUT2D eigenvalue weighted by atomic mass is 35.5. The molecular formula is C23H17ClN4OS2. The molecular weight excluding hydrogens is 448 g/mol. The Labute approximate surface area is 193 Å². The zero-order valence-corrected chi connectivity index (χ0v) is 18.9. The Morgan fingerprint density at radius 3 is 2.65 bits per heavy atom. The molecule has 2 aromatic carbocycles. The summed E-state index contributed by atoms with van der Waals surface area (Å²) in [5.41, 5.74) is 3.45. The smallest absolute Gasteiger partial charge is 0.173 e. The van der Waals surface area contributed by atoms with Crippen molar-refractivity contribution in [3.63, 3.8) is 0 Å². The third-order valence-corrected chi connectivity index (χ3v) is 6.89. The second-order valence-electron chi connectivity index (χ2n) is 6.72. The quantitative estimate of drug-likeness (QED) is 0.317. The predicted molar refractivity (Wildman–Crippen MR) is 125 cm³/mol. The zero-order valence-electron chi connectivity index (χ0n) is 16.5. The molecule has 154 valence electrons. The Hall–Kier alpha value is -2.92. The van der Waals surface area contributed by atoms with Gasteiger partial charge in [-0.2, -0.15) is 5.26 Å². The number of benzene rings is 2. The van der Waals surface area contributed by atoms with Crippen molar-refractivity contribution >= 4 is 40.5 Å². The molecule has 4 aromatic rings. The van der Waals surface area contributed by atoms with Crippen LogP contribution in [0.25, 0.3) is 16.9 Å². The molecule has 0 radical (unpaired) electrons. The van der Waals surface area contributed by atoms with Gasteiger partial charge in [0.2, 0.25) is 0 Å². The highest BCUT2D eigenvalue weighted by Crippen LogP contribution is 2.33. The molecule has 5 nitrogen and oxygen atoms in total. The fourth-order valence-electron chi connectivity index (χ4n) is 3.10. The molecule has 8 heteroatoms. The number of carbonyl (C=O) groups is 1. The molecule has 0 amide bonds. The molecule has 31 heavy (non-hydrogen) atoms. The monoisotopic (exact) mass is 464 g/mol. The SMILES string of the molecule is Cc1csc([C@@H](C#N)C(=O)CSc2ncc(-c3ccccc3)n2-c2ccccc2Cl)n1. The van der Waals surface area contributed by atoms with Gasteiger partial charge in [-0.05, 0) is 19.1 Å². The van der Waals surface area contributed by atoms with Crippen LogP contribution in [0.1, 0.15) is 16.6 Å². The van der Waals surface area contributed by atoms with Gasteiger partial charge in [-0.25, -0.2) is 9.97 Å². The molecule has 0 saturated heterocycles. The Morgan fingerprint density at radius 1 is 1.23 bits per heavy atom. The van der Waals surface area contributed by atoms with E-state index in [0.29, 0.717) is 15.2 Å². The highest BCUT2D eigenvalue weighted by molar-refractivity contribution is 7.99. The van der Waals surface area contributed by atoms with Crippen molar-refractivity contribution in [3.05, 3.63) is 81.9 Å². The number of imidazole rings is 1. The van der Waals surface area contributed by atoms with Crippen LogP contribution in [0, 0.1) is 18.3 Å². The minimum Gasteiger partial charge on any atom is -0.297 e. The van der Waals surface area contributed by atoms with Crippen molar-refractivity contribution in [3.8, 4) is 23.0 Å². The molecule has 2 heterocycles. The van der Waals surface area contributed by atoms with Gasteiger partial charge in [0.25, 0.3) is 0 Å². The Bertz CT molecular complexity index is 1260. The summed E-state index contributed by atoms with van der Waals surface area (Å²) in [4.78, 5) is 21.7. The van der Waals surface area contributed by atoms with E-state index in [0.717, 1.165) is 22.6 Å². The number of aryl methyl sites for hydroxylation is 1. The fourth-order valence-corrected chi connectivity index (χ4v) is 5.08. The molecule has 0 unspecified atom stereocenters. The van der Waals surface area contributed by atoms with E-state index >= 15 is 0 Å². The number of nitrogens with zero attached hydrogens (tertiary/aromatic N) is 4. The van der Waals surface area contributed by atoms with Gasteiger partial charge in [-0.15, -0.1) is 11.3 Å². The summed E-state index contributed by atoms with van der Waals surface area (Å²) in [6.45, 7) is 1.85. The van der Waals surface area contributed by atoms with Crippen molar-refractivity contribution in [2.75, 3.05) is 5.75 Å². The molecule has 2 aromatic heterocycles. The topological polar surface area (TPSA) is 71.6 Å². The summed E-state index contributed by atoms with van der Waals surface area (Å²) in [5.74, 6) is -0.965. The third-order valence-electron chi connectivity index (χ3n) is 4.57. The van der Waals surface area contributed by atoms with Gasteiger partial charge in [-0.3, -0.25) is 9.36 Å². The van der Waals surface area contributed by atoms with Gasteiger partial charge in [0.1, 0.15) is 5.01 Å². The van der Waals surface area contributed by atoms with E-state index in [9.17, 15) is 10.1 Å². The number of ketones is 1. The first-order chi connectivity index (χ1) is 15.1. The molecule has 0 aliphatic rings. The number of Topliss-reactive ketones (excluding diaryl/α,β-unsaturated/α-hetero) is 1. The van der Waals surface area contributed by atoms with Gasteiger partial charge in [0.05, 0.1) is 34.4 Å². The van der Waals surface area contributed by atoms with E-state index in [2.05, 4.69) is 16.0 Å². The van der Waals surface area contributed by atoms with Crippen molar-refractivity contribution in [2.45, 2.75) is 18.0 Å². The number of aromatic nitrogens is 3. The molecule has 0 spiro atoms. The maximum absolute atomic E-state index is 12.8. The molecule has 4 rings (SSSR count). The third kappa shape index (κ3) is 4.57. The van der Waals surface area contributed by atoms with E-state index in [1.165, 1.54) is 23.1 Å². The molecule has 0 bridgehead atoms. The van der Waals surface area contributed by atoms with Crippen LogP contribution in [0.4, 0.5) is 0 Å². The number of halogens is 1. The lowest BCUT2D eigenvalue weighted by Gasteiger charge is -2.13. The Kier molecular flexibility index (Phi) is 6.52. The number of rotatable bonds is 7. The lowest BCUT2D eigenvalue weighted by atomic mass is 10.1. The van der Waals surface area contributed by atoms with Crippen LogP contribution in [0.2, 0.25) is 5.02 Å². The number of thioether (sulfide) groups is 1. The molecule has 0 aliphatic heterocycles. The van der Waals surface area contributed by atoms with Crippen molar-refractivity contribution in [1.82, 2.24) is 14.5 Å². The van der Waals surface area contributed by atoms with E-state index < -0.39 is 5.92 Å². The number of para-hydroxylation sites is 1. The summed E-state index contributed by atoms with van der Waals surface area (Å²) < 4.78 is 1.95. The number of hydrogen-bond donors (Lipinski definition) is 0. The Balaban J connectivity index is 1.66. The normalized spacial score (nSPS) is 11.8. The highest BCUT2D eigenvalue weighted by Gasteiger charge is 2.25. The van der Waals surface area contributed by atoms with Crippen LogP contribution in [-0.4, -0.2) is 26.1 Å². The number of carbonyl (C=O) groups excluding carboxylic acids is 1. The molecule has 0 aliphatic carbocycles. The van der Waals surface area contributed by atoms with Crippen LogP contribution in [0.15, 0.2) is 71.3 Å². The van der Waals surface area contributed by atoms with Crippen LogP contribution in [0.5, 0.6) is 0 Å². The number of hydrogen-bond acceptors (Lipinski definition) is 6. The molecule has 0 saturated carbocycles. The molecule has 0 fully saturated rings. The van der Waals surface area contributed by atoms with Crippen LogP contribution in [-0.2, 0) is 4.79 Å². The summed E-state index contributed by atoms with van der Waals surface area (Å²) in [5, 5.41) is 13.1. The first-order valence-electron chi connectivity index (χ1n) is 9.43. The van der Waals surface area contributed by atoms with Crippen molar-refractivity contribution in [2.24, 2.45) is 0 Å². The summed E-state index contributed by atoms with van der Waals surface area (Å²) >= 11 is 9.11. The largest absolute Gasteiger partial charge is 0.297 e. The van der Waals surface area contributed by atoms with Crippen molar-refractivity contribution in [1.29, 1.82) is 5.26 Å². The maximum Gasteiger partial charge on any atom is 0.173 e. The number of nitriles is 1. The number of thiazole rings is 1. The van der Waals surface area contributed by atoms with Gasteiger partial charge in [0.15, 0.2) is 16.9 Å². The second kappa shape index (κ2) is 9.48. The minimum atomic E-state index is -0.872. The fraction of sp³-hybridized carbons (Fsp3) is 0.130. The summed E-state index contributed by atoms with van der Waals surface area (Å²) in [6.07, 6.45) is 1.78. The van der Waals surface area contributed by atoms with Crippen molar-refractivity contribution < 1.29 is 4.79 Å². The molecule has 0 N–H and O–H groups in total. The van der Waals surface area contributed by atoms with Gasteiger partial charge >= 0.3 is 0 Å². The lowest BCUT2D eigenvalue weighted by Crippen LogP contribution is -2.13. The predicted octanol–water partition coefficient (Wildman–Crippen LogP) is 5.93. The van der Waals surface area contributed by atoms with E-state index in [-0.39, 0.29) is 11.5 Å². The van der Waals surface area contributed by atoms with Gasteiger partial charge in [-0.1, -0.05) is 65.8 Å². The van der Waals surface area contributed by atoms with E-state index in [1.54, 1.807) is 6.20 Å². The van der Waals surface area contributed by atoms with E-state index in [1.807, 2.05) is 71.5 Å². The van der Waals surface area contributed by atoms with Gasteiger partial charge in [0, 0.05) is 16.6 Å². The van der Waals surface area contributed by atoms with E-state index in [4.69, 9.17) is 11.6 Å². The zero-order chi connectivity index (χ0) is 21.8. The second-order valence-corrected chi connectivity index (χ2v) is 8.96. The average Bonchev–Trinajstić information content (AvgIpc) is 3.40. The first-order valence-corrected chi connectivity index (χ1v) is 11.7. The summed E-state index contributed by atoms with van der Waals surface area (Å²) in [7, 11) is 0. The summed E-state index contributed by atoms with van der Waals surface area (Å²) in [6, 6.07) is 19.5. The Morgan fingerprint density at radius 2 is 1.97 bits per heavy atom. The van der Waals surface area contributed by atoms with Gasteiger partial charge < -0.3 is 0 Å². The lowest BCUT2D eigenvalue weighted by molar-refractivity contribution is -0.116. The first kappa shape index (κ1) is 21.3. The van der Waals surface area contributed by atoms with Crippen LogP contribution in [0.3, 0.4) is 0 Å². The average molecular weight is 465 g/mol. The van der Waals surface area contributed by atoms with Crippen LogP contribution < -0.4 is 0 Å².